The second kappa shape index (κ2) is 11.4. The second-order valence-electron chi connectivity index (χ2n) is 9.48. The van der Waals surface area contributed by atoms with E-state index in [1.54, 1.807) is 25.3 Å². The van der Waals surface area contributed by atoms with Crippen LogP contribution >= 0.6 is 0 Å². The van der Waals surface area contributed by atoms with Gasteiger partial charge in [0.15, 0.2) is 0 Å². The van der Waals surface area contributed by atoms with Gasteiger partial charge in [0.25, 0.3) is 5.91 Å². The molecule has 1 aliphatic carbocycles. The lowest BCUT2D eigenvalue weighted by atomic mass is 9.75. The maximum atomic E-state index is 13.4. The molecule has 0 aromatic heterocycles. The van der Waals surface area contributed by atoms with E-state index in [9.17, 15) is 9.59 Å². The van der Waals surface area contributed by atoms with Crippen molar-refractivity contribution in [2.45, 2.75) is 51.9 Å². The number of carbonyl (C=O) groups is 2. The summed E-state index contributed by atoms with van der Waals surface area (Å²) in [6.45, 7) is 4.22. The predicted molar refractivity (Wildman–Crippen MR) is 134 cm³/mol. The molecule has 6 nitrogen and oxygen atoms in total. The number of amides is 2. The summed E-state index contributed by atoms with van der Waals surface area (Å²) in [4.78, 5) is 28.0. The number of fused-ring (bicyclic) bond motifs is 1. The zero-order valence-electron chi connectivity index (χ0n) is 20.3. The Hall–Kier alpha value is -3.02. The summed E-state index contributed by atoms with van der Waals surface area (Å²) in [5.74, 6) is 2.62. The van der Waals surface area contributed by atoms with Gasteiger partial charge in [-0.25, -0.2) is 0 Å². The molecule has 2 atom stereocenters. The monoisotopic (exact) mass is 464 g/mol. The summed E-state index contributed by atoms with van der Waals surface area (Å²) in [6.07, 6.45) is 7.34. The zero-order valence-corrected chi connectivity index (χ0v) is 20.3. The largest absolute Gasteiger partial charge is 0.497 e. The van der Waals surface area contributed by atoms with Gasteiger partial charge in [-0.3, -0.25) is 9.59 Å². The number of methoxy groups -OCH3 is 1. The number of nitrogens with one attached hydrogen (secondary N) is 1. The van der Waals surface area contributed by atoms with Gasteiger partial charge in [-0.2, -0.15) is 0 Å². The molecule has 1 saturated carbocycles. The first-order chi connectivity index (χ1) is 16.6. The molecule has 1 N–H and O–H groups in total. The Morgan fingerprint density at radius 1 is 1.03 bits per heavy atom. The van der Waals surface area contributed by atoms with Crippen molar-refractivity contribution in [1.29, 1.82) is 0 Å². The first kappa shape index (κ1) is 24.1. The Balaban J connectivity index is 1.44. The number of ether oxygens (including phenoxy) is 2. The molecule has 0 spiro atoms. The molecule has 2 aromatic rings. The topological polar surface area (TPSA) is 67.9 Å². The van der Waals surface area contributed by atoms with Crippen molar-refractivity contribution in [3.05, 3.63) is 53.6 Å². The maximum absolute atomic E-state index is 13.4. The molecule has 1 heterocycles. The number of rotatable bonds is 8. The summed E-state index contributed by atoms with van der Waals surface area (Å²) >= 11 is 0. The van der Waals surface area contributed by atoms with Crippen molar-refractivity contribution in [3.63, 3.8) is 0 Å². The van der Waals surface area contributed by atoms with Crippen LogP contribution in [0.5, 0.6) is 11.5 Å². The third-order valence-corrected chi connectivity index (χ3v) is 7.06. The molecule has 34 heavy (non-hydrogen) atoms. The standard InChI is InChI=1S/C28H36N2O4/c1-3-16-34-26-18-23(29-27(31)17-20-8-11-24(33-2)12-9-20)10-13-25(26)28(32)30-15-14-21-6-4-5-7-22(21)19-30/h8-13,18,21-22H,3-7,14-17,19H2,1-2H3,(H,29,31)/t21-,22+/m1/s1. The van der Waals surface area contributed by atoms with Crippen LogP contribution in [-0.2, 0) is 11.2 Å². The quantitative estimate of drug-likeness (QED) is 0.574. The van der Waals surface area contributed by atoms with E-state index in [1.165, 1.54) is 25.7 Å². The highest BCUT2D eigenvalue weighted by molar-refractivity contribution is 5.99. The lowest BCUT2D eigenvalue weighted by molar-refractivity contribution is -0.115. The van der Waals surface area contributed by atoms with Crippen molar-refractivity contribution in [3.8, 4) is 11.5 Å². The summed E-state index contributed by atoms with van der Waals surface area (Å²) in [7, 11) is 1.62. The van der Waals surface area contributed by atoms with Gasteiger partial charge in [0, 0.05) is 24.8 Å². The second-order valence-corrected chi connectivity index (χ2v) is 9.48. The van der Waals surface area contributed by atoms with Gasteiger partial charge in [0.05, 0.1) is 25.7 Å². The SMILES string of the molecule is CCCOc1cc(NC(=O)Cc2ccc(OC)cc2)ccc1C(=O)N1CC[C@H]2CCCC[C@H]2C1. The zero-order chi connectivity index (χ0) is 23.9. The van der Waals surface area contributed by atoms with Gasteiger partial charge >= 0.3 is 0 Å². The number of carbonyl (C=O) groups excluding carboxylic acids is 2. The fourth-order valence-corrected chi connectivity index (χ4v) is 5.20. The smallest absolute Gasteiger partial charge is 0.257 e. The lowest BCUT2D eigenvalue weighted by Crippen LogP contribution is -2.44. The highest BCUT2D eigenvalue weighted by Crippen LogP contribution is 2.37. The van der Waals surface area contributed by atoms with Crippen LogP contribution in [0.2, 0.25) is 0 Å². The van der Waals surface area contributed by atoms with Crippen LogP contribution in [0.15, 0.2) is 42.5 Å². The minimum Gasteiger partial charge on any atom is -0.497 e. The van der Waals surface area contributed by atoms with E-state index in [1.807, 2.05) is 36.1 Å². The Kier molecular flexibility index (Phi) is 8.09. The minimum absolute atomic E-state index is 0.0336. The number of nitrogens with zero attached hydrogens (tertiary/aromatic N) is 1. The van der Waals surface area contributed by atoms with Crippen LogP contribution in [0.1, 0.15) is 61.4 Å². The summed E-state index contributed by atoms with van der Waals surface area (Å²) < 4.78 is 11.1. The Morgan fingerprint density at radius 2 is 1.79 bits per heavy atom. The Labute approximate surface area is 202 Å². The fraction of sp³-hybridized carbons (Fsp3) is 0.500. The van der Waals surface area contributed by atoms with Gasteiger partial charge in [0.1, 0.15) is 11.5 Å². The normalized spacial score (nSPS) is 19.8. The molecule has 182 valence electrons. The molecular formula is C28H36N2O4. The maximum Gasteiger partial charge on any atom is 0.257 e. The molecule has 1 aliphatic heterocycles. The Bertz CT molecular complexity index is 988. The lowest BCUT2D eigenvalue weighted by Gasteiger charge is -2.41. The summed E-state index contributed by atoms with van der Waals surface area (Å²) in [5.41, 5.74) is 2.11. The van der Waals surface area contributed by atoms with E-state index in [4.69, 9.17) is 9.47 Å². The molecule has 6 heteroatoms. The van der Waals surface area contributed by atoms with E-state index in [0.29, 0.717) is 29.5 Å². The third-order valence-electron chi connectivity index (χ3n) is 7.06. The third kappa shape index (κ3) is 5.91. The van der Waals surface area contributed by atoms with Crippen molar-refractivity contribution >= 4 is 17.5 Å². The van der Waals surface area contributed by atoms with Crippen LogP contribution in [0.3, 0.4) is 0 Å². The number of hydrogen-bond acceptors (Lipinski definition) is 4. The van der Waals surface area contributed by atoms with Gasteiger partial charge in [-0.1, -0.05) is 38.3 Å². The Morgan fingerprint density at radius 3 is 2.53 bits per heavy atom. The highest BCUT2D eigenvalue weighted by atomic mass is 16.5. The summed E-state index contributed by atoms with van der Waals surface area (Å²) in [6, 6.07) is 12.8. The van der Waals surface area contributed by atoms with Crippen molar-refractivity contribution in [1.82, 2.24) is 4.90 Å². The van der Waals surface area contributed by atoms with Crippen LogP contribution in [-0.4, -0.2) is 43.5 Å². The average Bonchev–Trinajstić information content (AvgIpc) is 2.87. The molecule has 2 aliphatic rings. The minimum atomic E-state index is -0.120. The van der Waals surface area contributed by atoms with Gasteiger partial charge in [-0.05, 0) is 60.9 Å². The average molecular weight is 465 g/mol. The van der Waals surface area contributed by atoms with E-state index in [2.05, 4.69) is 5.32 Å². The number of hydrogen-bond donors (Lipinski definition) is 1. The molecule has 2 amide bonds. The van der Waals surface area contributed by atoms with Crippen LogP contribution < -0.4 is 14.8 Å². The molecular weight excluding hydrogens is 428 g/mol. The van der Waals surface area contributed by atoms with Crippen molar-refractivity contribution < 1.29 is 19.1 Å². The molecule has 2 fully saturated rings. The molecule has 4 rings (SSSR count). The number of piperidine rings is 1. The fourth-order valence-electron chi connectivity index (χ4n) is 5.20. The highest BCUT2D eigenvalue weighted by Gasteiger charge is 2.34. The number of anilines is 1. The molecule has 1 saturated heterocycles. The molecule has 0 bridgehead atoms. The first-order valence-electron chi connectivity index (χ1n) is 12.6. The van der Waals surface area contributed by atoms with Gasteiger partial charge in [-0.15, -0.1) is 0 Å². The first-order valence-corrected chi connectivity index (χ1v) is 12.6. The van der Waals surface area contributed by atoms with E-state index in [0.717, 1.165) is 43.2 Å². The molecule has 2 aromatic carbocycles. The van der Waals surface area contributed by atoms with Gasteiger partial charge in [0.2, 0.25) is 5.91 Å². The van der Waals surface area contributed by atoms with Crippen molar-refractivity contribution in [2.24, 2.45) is 11.8 Å². The van der Waals surface area contributed by atoms with E-state index in [-0.39, 0.29) is 18.2 Å². The molecule has 0 radical (unpaired) electrons. The van der Waals surface area contributed by atoms with Gasteiger partial charge < -0.3 is 19.7 Å². The number of likely N-dealkylation sites (tertiary alicyclic amines) is 1. The van der Waals surface area contributed by atoms with Crippen LogP contribution in [0, 0.1) is 11.8 Å². The van der Waals surface area contributed by atoms with Crippen molar-refractivity contribution in [2.75, 3.05) is 32.1 Å². The van der Waals surface area contributed by atoms with E-state index >= 15 is 0 Å². The predicted octanol–water partition coefficient (Wildman–Crippen LogP) is 5.32. The van der Waals surface area contributed by atoms with Crippen LogP contribution in [0.25, 0.3) is 0 Å². The number of benzene rings is 2. The summed E-state index contributed by atoms with van der Waals surface area (Å²) in [5, 5.41) is 2.94. The van der Waals surface area contributed by atoms with Crippen LogP contribution in [0.4, 0.5) is 5.69 Å². The van der Waals surface area contributed by atoms with E-state index < -0.39 is 0 Å². The molecule has 0 unspecified atom stereocenters.